The van der Waals surface area contributed by atoms with Crippen LogP contribution in [0.1, 0.15) is 44.9 Å². The lowest BCUT2D eigenvalue weighted by atomic mass is 10.1. The van der Waals surface area contributed by atoms with Crippen molar-refractivity contribution in [3.8, 4) is 35.5 Å². The molecule has 1 N–H and O–H groups in total. The Morgan fingerprint density at radius 2 is 1.61 bits per heavy atom. The number of carboxylic acid groups (broad SMARTS) is 1. The molecule has 0 atom stereocenters. The van der Waals surface area contributed by atoms with Crippen LogP contribution in [-0.2, 0) is 4.79 Å². The quantitative estimate of drug-likeness (QED) is 0.489. The lowest BCUT2D eigenvalue weighted by molar-refractivity contribution is -0.137. The minimum absolute atomic E-state index is 0.244. The summed E-state index contributed by atoms with van der Waals surface area (Å²) in [5.74, 6) is 16.4. The number of halogens is 1. The predicted molar refractivity (Wildman–Crippen MR) is 99.6 cm³/mol. The molecule has 0 radical (unpaired) electrons. The summed E-state index contributed by atoms with van der Waals surface area (Å²) in [5, 5.41) is 8.48. The van der Waals surface area contributed by atoms with E-state index < -0.39 is 5.97 Å². The van der Waals surface area contributed by atoms with Crippen LogP contribution in [0.25, 0.3) is 0 Å². The van der Waals surface area contributed by atoms with Gasteiger partial charge in [0.1, 0.15) is 0 Å². The molecule has 2 nitrogen and oxygen atoms in total. The monoisotopic (exact) mass is 372 g/mol. The first-order valence-electron chi connectivity index (χ1n) is 7.54. The fourth-order valence-electron chi connectivity index (χ4n) is 1.46. The van der Waals surface area contributed by atoms with Crippen LogP contribution >= 0.6 is 15.9 Å². The second kappa shape index (κ2) is 17.9. The summed E-state index contributed by atoms with van der Waals surface area (Å²) < 4.78 is 0. The van der Waals surface area contributed by atoms with Gasteiger partial charge in [0.05, 0.1) is 0 Å². The van der Waals surface area contributed by atoms with Crippen LogP contribution in [0, 0.1) is 35.5 Å². The summed E-state index contributed by atoms with van der Waals surface area (Å²) in [7, 11) is 0. The average Bonchev–Trinajstić information content (AvgIpc) is 2.53. The molecule has 0 fully saturated rings. The van der Waals surface area contributed by atoms with Crippen LogP contribution in [0.3, 0.4) is 0 Å². The largest absolute Gasteiger partial charge is 0.481 e. The van der Waals surface area contributed by atoms with Crippen LogP contribution < -0.4 is 0 Å². The molecular weight excluding hydrogens is 352 g/mol. The van der Waals surface area contributed by atoms with Crippen LogP contribution in [0.2, 0.25) is 0 Å². The van der Waals surface area contributed by atoms with Crippen molar-refractivity contribution in [3.63, 3.8) is 0 Å². The van der Waals surface area contributed by atoms with E-state index in [-0.39, 0.29) is 6.42 Å². The molecule has 0 rings (SSSR count). The molecule has 0 unspecified atom stereocenters. The highest BCUT2D eigenvalue weighted by Crippen LogP contribution is 2.01. The summed E-state index contributed by atoms with van der Waals surface area (Å²) in [4.78, 5) is 12.0. The van der Waals surface area contributed by atoms with E-state index in [0.29, 0.717) is 0 Å². The number of carbonyl (C=O) groups is 1. The topological polar surface area (TPSA) is 37.3 Å². The van der Waals surface area contributed by atoms with Crippen molar-refractivity contribution in [3.05, 3.63) is 35.4 Å². The van der Waals surface area contributed by atoms with E-state index in [9.17, 15) is 4.79 Å². The summed E-state index contributed by atoms with van der Waals surface area (Å²) in [6, 6.07) is 0. The zero-order valence-electron chi connectivity index (χ0n) is 13.1. The number of hydrogen-bond acceptors (Lipinski definition) is 1. The van der Waals surface area contributed by atoms with Crippen molar-refractivity contribution < 1.29 is 9.90 Å². The van der Waals surface area contributed by atoms with Gasteiger partial charge in [-0.15, -0.1) is 0 Å². The Kier molecular flexibility index (Phi) is 16.2. The Balaban J connectivity index is 3.63. The van der Waals surface area contributed by atoms with Crippen molar-refractivity contribution in [2.45, 2.75) is 44.9 Å². The highest BCUT2D eigenvalue weighted by atomic mass is 79.9. The van der Waals surface area contributed by atoms with Crippen molar-refractivity contribution >= 4 is 21.9 Å². The molecule has 0 aromatic carbocycles. The molecular formula is C20H21BrO2. The number of allylic oxidation sites excluding steroid dienone is 5. The molecule has 0 aliphatic rings. The molecule has 0 heterocycles. The Bertz CT molecular complexity index is 593. The van der Waals surface area contributed by atoms with Gasteiger partial charge in [-0.1, -0.05) is 58.2 Å². The molecule has 0 aliphatic carbocycles. The average molecular weight is 373 g/mol. The third kappa shape index (κ3) is 19.9. The van der Waals surface area contributed by atoms with Crippen molar-refractivity contribution in [1.82, 2.24) is 0 Å². The summed E-state index contributed by atoms with van der Waals surface area (Å²) >= 11 is 3.14. The Morgan fingerprint density at radius 3 is 2.30 bits per heavy atom. The Morgan fingerprint density at radius 1 is 0.913 bits per heavy atom. The van der Waals surface area contributed by atoms with E-state index >= 15 is 0 Å². The normalized spacial score (nSPS) is 9.96. The molecule has 3 heteroatoms. The van der Waals surface area contributed by atoms with Gasteiger partial charge in [0, 0.05) is 12.8 Å². The highest BCUT2D eigenvalue weighted by molar-refractivity contribution is 9.11. The number of rotatable bonds is 8. The van der Waals surface area contributed by atoms with Crippen molar-refractivity contribution in [2.24, 2.45) is 0 Å². The summed E-state index contributed by atoms with van der Waals surface area (Å²) in [6.45, 7) is 0. The number of aliphatic carboxylic acids is 1. The van der Waals surface area contributed by atoms with E-state index in [1.54, 1.807) is 11.1 Å². The predicted octanol–water partition coefficient (Wildman–Crippen LogP) is 4.83. The van der Waals surface area contributed by atoms with Gasteiger partial charge < -0.3 is 5.11 Å². The summed E-state index contributed by atoms with van der Waals surface area (Å²) in [6.07, 6.45) is 14.9. The molecule has 0 aliphatic heterocycles. The van der Waals surface area contributed by atoms with Crippen molar-refractivity contribution in [2.75, 3.05) is 0 Å². The maximum atomic E-state index is 10.3. The van der Waals surface area contributed by atoms with Gasteiger partial charge in [-0.2, -0.15) is 0 Å². The minimum atomic E-state index is -0.732. The number of unbranched alkanes of at least 4 members (excludes halogenated alkanes) is 4. The van der Waals surface area contributed by atoms with E-state index in [2.05, 4.69) is 51.5 Å². The second-order valence-corrected chi connectivity index (χ2v) is 5.02. The smallest absolute Gasteiger partial charge is 0.303 e. The van der Waals surface area contributed by atoms with Crippen molar-refractivity contribution in [1.29, 1.82) is 0 Å². The molecule has 0 spiro atoms. The highest BCUT2D eigenvalue weighted by Gasteiger charge is 1.94. The third-order valence-corrected chi connectivity index (χ3v) is 2.81. The van der Waals surface area contributed by atoms with Gasteiger partial charge in [-0.3, -0.25) is 4.79 Å². The van der Waals surface area contributed by atoms with Gasteiger partial charge in [0.2, 0.25) is 0 Å². The zero-order valence-corrected chi connectivity index (χ0v) is 14.7. The molecule has 120 valence electrons. The first-order valence-corrected chi connectivity index (χ1v) is 8.45. The van der Waals surface area contributed by atoms with Gasteiger partial charge in [0.25, 0.3) is 0 Å². The second-order valence-electron chi connectivity index (χ2n) is 4.49. The van der Waals surface area contributed by atoms with E-state index in [0.717, 1.165) is 38.5 Å². The maximum Gasteiger partial charge on any atom is 0.303 e. The first kappa shape index (κ1) is 20.9. The fourth-order valence-corrected chi connectivity index (χ4v) is 1.59. The number of hydrogen-bond donors (Lipinski definition) is 1. The van der Waals surface area contributed by atoms with E-state index in [4.69, 9.17) is 5.11 Å². The Labute approximate surface area is 147 Å². The van der Waals surface area contributed by atoms with Crippen LogP contribution in [0.4, 0.5) is 0 Å². The van der Waals surface area contributed by atoms with E-state index in [1.807, 2.05) is 24.3 Å². The van der Waals surface area contributed by atoms with E-state index in [1.165, 1.54) is 0 Å². The standard InChI is InChI=1S/C20H21BrO2/c21-19-17-15-13-11-9-7-5-3-1-2-4-6-8-10-12-14-16-18-20(22)23/h1,3,9,11,17,19H,5,7,10,12,14,16,18H2,(H,22,23). The van der Waals surface area contributed by atoms with Crippen LogP contribution in [0.5, 0.6) is 0 Å². The SMILES string of the molecule is O=C(O)CCCCCC#CC#CC=CCCC=CC#CC=CBr. The molecule has 0 saturated carbocycles. The van der Waals surface area contributed by atoms with Crippen LogP contribution in [-0.4, -0.2) is 11.1 Å². The van der Waals surface area contributed by atoms with Gasteiger partial charge in [-0.25, -0.2) is 0 Å². The van der Waals surface area contributed by atoms with Gasteiger partial charge in [-0.05, 0) is 60.7 Å². The van der Waals surface area contributed by atoms with Gasteiger partial charge >= 0.3 is 5.97 Å². The third-order valence-electron chi connectivity index (χ3n) is 2.55. The fraction of sp³-hybridized carbons (Fsp3) is 0.350. The van der Waals surface area contributed by atoms with Crippen LogP contribution in [0.15, 0.2) is 35.4 Å². The number of carboxylic acids is 1. The summed E-state index contributed by atoms with van der Waals surface area (Å²) in [5.41, 5.74) is 0. The molecule has 0 aromatic heterocycles. The lowest BCUT2D eigenvalue weighted by Crippen LogP contribution is -1.93. The molecule has 0 bridgehead atoms. The maximum absolute atomic E-state index is 10.3. The minimum Gasteiger partial charge on any atom is -0.481 e. The lowest BCUT2D eigenvalue weighted by Gasteiger charge is -1.92. The Hall–Kier alpha value is -2.15. The molecule has 0 aromatic rings. The first-order chi connectivity index (χ1) is 11.3. The zero-order chi connectivity index (χ0) is 17.0. The molecule has 23 heavy (non-hydrogen) atoms. The van der Waals surface area contributed by atoms with Gasteiger partial charge in [0.15, 0.2) is 0 Å². The molecule has 0 amide bonds. The molecule has 0 saturated heterocycles.